The molecule has 0 radical (unpaired) electrons. The van der Waals surface area contributed by atoms with Crippen LogP contribution < -0.4 is 11.1 Å². The van der Waals surface area contributed by atoms with Crippen molar-refractivity contribution in [2.45, 2.75) is 13.8 Å². The van der Waals surface area contributed by atoms with E-state index in [2.05, 4.69) is 5.32 Å². The number of carbonyl (C=O) groups excluding carboxylic acids is 1. The number of nitrogens with zero attached hydrogens (tertiary/aromatic N) is 1. The summed E-state index contributed by atoms with van der Waals surface area (Å²) in [6.45, 7) is 3.52. The van der Waals surface area contributed by atoms with Gasteiger partial charge < -0.3 is 11.1 Å². The molecule has 6 nitrogen and oxygen atoms in total. The van der Waals surface area contributed by atoms with Crippen molar-refractivity contribution in [1.29, 1.82) is 0 Å². The molecule has 0 aliphatic rings. The Kier molecular flexibility index (Phi) is 3.89. The number of anilines is 2. The van der Waals surface area contributed by atoms with Crippen molar-refractivity contribution in [2.75, 3.05) is 11.1 Å². The second-order valence-corrected chi connectivity index (χ2v) is 4.73. The quantitative estimate of drug-likeness (QED) is 0.514. The minimum atomic E-state index is -0.499. The van der Waals surface area contributed by atoms with Gasteiger partial charge in [-0.05, 0) is 37.1 Å². The SMILES string of the molecule is Cc1ccc([N+](=O)[O-])cc1NC(=O)c1cccc(N)c1C. The molecular formula is C15H15N3O3. The molecule has 0 unspecified atom stereocenters. The fraction of sp³-hybridized carbons (Fsp3) is 0.133. The lowest BCUT2D eigenvalue weighted by Gasteiger charge is -2.11. The van der Waals surface area contributed by atoms with Gasteiger partial charge in [-0.25, -0.2) is 0 Å². The number of aryl methyl sites for hydroxylation is 1. The Hall–Kier alpha value is -2.89. The van der Waals surface area contributed by atoms with Gasteiger partial charge in [0, 0.05) is 23.4 Å². The summed E-state index contributed by atoms with van der Waals surface area (Å²) in [5, 5.41) is 13.5. The van der Waals surface area contributed by atoms with Crippen LogP contribution in [0, 0.1) is 24.0 Å². The van der Waals surface area contributed by atoms with Crippen molar-refractivity contribution >= 4 is 23.0 Å². The number of rotatable bonds is 3. The third kappa shape index (κ3) is 3.00. The van der Waals surface area contributed by atoms with Gasteiger partial charge in [0.2, 0.25) is 0 Å². The molecule has 0 bridgehead atoms. The first-order valence-corrected chi connectivity index (χ1v) is 6.31. The fourth-order valence-electron chi connectivity index (χ4n) is 1.95. The maximum absolute atomic E-state index is 12.3. The average molecular weight is 285 g/mol. The summed E-state index contributed by atoms with van der Waals surface area (Å²) in [6, 6.07) is 9.40. The number of non-ortho nitro benzene ring substituents is 1. The van der Waals surface area contributed by atoms with Crippen molar-refractivity contribution in [3.63, 3.8) is 0 Å². The zero-order valence-electron chi connectivity index (χ0n) is 11.7. The molecule has 2 aromatic rings. The molecule has 1 amide bonds. The van der Waals surface area contributed by atoms with E-state index in [-0.39, 0.29) is 11.6 Å². The van der Waals surface area contributed by atoms with E-state index in [1.807, 2.05) is 0 Å². The maximum Gasteiger partial charge on any atom is 0.271 e. The Labute approximate surface area is 121 Å². The number of nitro groups is 1. The standard InChI is InChI=1S/C15H15N3O3/c1-9-6-7-11(18(20)21)8-14(9)17-15(19)12-4-3-5-13(16)10(12)2/h3-8H,16H2,1-2H3,(H,17,19). The van der Waals surface area contributed by atoms with E-state index in [0.29, 0.717) is 22.5 Å². The summed E-state index contributed by atoms with van der Waals surface area (Å²) >= 11 is 0. The van der Waals surface area contributed by atoms with Gasteiger partial charge in [-0.3, -0.25) is 14.9 Å². The molecule has 0 aliphatic heterocycles. The minimum Gasteiger partial charge on any atom is -0.398 e. The van der Waals surface area contributed by atoms with Crippen molar-refractivity contribution in [2.24, 2.45) is 0 Å². The van der Waals surface area contributed by atoms with Crippen molar-refractivity contribution < 1.29 is 9.72 Å². The predicted molar refractivity (Wildman–Crippen MR) is 81.4 cm³/mol. The van der Waals surface area contributed by atoms with E-state index in [0.717, 1.165) is 5.56 Å². The molecule has 0 spiro atoms. The lowest BCUT2D eigenvalue weighted by Crippen LogP contribution is -2.15. The molecule has 21 heavy (non-hydrogen) atoms. The van der Waals surface area contributed by atoms with Gasteiger partial charge in [0.1, 0.15) is 0 Å². The molecule has 2 rings (SSSR count). The number of hydrogen-bond donors (Lipinski definition) is 2. The van der Waals surface area contributed by atoms with Crippen molar-refractivity contribution in [1.82, 2.24) is 0 Å². The zero-order valence-corrected chi connectivity index (χ0v) is 11.7. The van der Waals surface area contributed by atoms with Crippen molar-refractivity contribution in [3.8, 4) is 0 Å². The Morgan fingerprint density at radius 1 is 1.24 bits per heavy atom. The Bertz CT molecular complexity index is 726. The molecule has 0 aliphatic carbocycles. The normalized spacial score (nSPS) is 10.2. The number of hydrogen-bond acceptors (Lipinski definition) is 4. The lowest BCUT2D eigenvalue weighted by atomic mass is 10.1. The topological polar surface area (TPSA) is 98.3 Å². The zero-order chi connectivity index (χ0) is 15.6. The predicted octanol–water partition coefficient (Wildman–Crippen LogP) is 3.05. The van der Waals surface area contributed by atoms with Gasteiger partial charge in [0.15, 0.2) is 0 Å². The molecule has 0 saturated heterocycles. The minimum absolute atomic E-state index is 0.0693. The first kappa shape index (κ1) is 14.5. The van der Waals surface area contributed by atoms with Crippen molar-refractivity contribution in [3.05, 3.63) is 63.2 Å². The molecule has 3 N–H and O–H groups in total. The average Bonchev–Trinajstić information content (AvgIpc) is 2.43. The first-order valence-electron chi connectivity index (χ1n) is 6.31. The van der Waals surface area contributed by atoms with E-state index in [9.17, 15) is 14.9 Å². The number of amides is 1. The third-order valence-corrected chi connectivity index (χ3v) is 3.30. The summed E-state index contributed by atoms with van der Waals surface area (Å²) in [6.07, 6.45) is 0. The van der Waals surface area contributed by atoms with Crippen LogP contribution in [0.2, 0.25) is 0 Å². The Morgan fingerprint density at radius 3 is 2.62 bits per heavy atom. The van der Waals surface area contributed by atoms with Gasteiger partial charge in [-0.2, -0.15) is 0 Å². The second-order valence-electron chi connectivity index (χ2n) is 4.73. The van der Waals surface area contributed by atoms with Crippen LogP contribution in [0.5, 0.6) is 0 Å². The van der Waals surface area contributed by atoms with Gasteiger partial charge in [0.05, 0.1) is 10.6 Å². The number of nitrogens with one attached hydrogen (secondary N) is 1. The monoisotopic (exact) mass is 285 g/mol. The van der Waals surface area contributed by atoms with Gasteiger partial charge in [0.25, 0.3) is 11.6 Å². The van der Waals surface area contributed by atoms with Crippen LogP contribution in [0.1, 0.15) is 21.5 Å². The molecule has 0 saturated carbocycles. The summed E-state index contributed by atoms with van der Waals surface area (Å²) in [5.41, 5.74) is 8.52. The molecule has 2 aromatic carbocycles. The highest BCUT2D eigenvalue weighted by molar-refractivity contribution is 6.06. The lowest BCUT2D eigenvalue weighted by molar-refractivity contribution is -0.384. The van der Waals surface area contributed by atoms with Crippen LogP contribution in [-0.4, -0.2) is 10.8 Å². The van der Waals surface area contributed by atoms with Crippen LogP contribution in [-0.2, 0) is 0 Å². The molecular weight excluding hydrogens is 270 g/mol. The summed E-state index contributed by atoms with van der Waals surface area (Å²) in [5.74, 6) is -0.344. The second kappa shape index (κ2) is 5.62. The van der Waals surface area contributed by atoms with E-state index >= 15 is 0 Å². The van der Waals surface area contributed by atoms with E-state index in [4.69, 9.17) is 5.73 Å². The van der Waals surface area contributed by atoms with Crippen LogP contribution in [0.25, 0.3) is 0 Å². The number of carbonyl (C=O) groups is 1. The number of nitrogens with two attached hydrogens (primary N) is 1. The van der Waals surface area contributed by atoms with Crippen LogP contribution in [0.4, 0.5) is 17.1 Å². The molecule has 0 fully saturated rings. The fourth-order valence-corrected chi connectivity index (χ4v) is 1.95. The molecule has 6 heteroatoms. The number of nitro benzene ring substituents is 1. The third-order valence-electron chi connectivity index (χ3n) is 3.30. The molecule has 0 atom stereocenters. The largest absolute Gasteiger partial charge is 0.398 e. The van der Waals surface area contributed by atoms with E-state index < -0.39 is 4.92 Å². The highest BCUT2D eigenvalue weighted by Gasteiger charge is 2.14. The number of benzene rings is 2. The highest BCUT2D eigenvalue weighted by atomic mass is 16.6. The summed E-state index contributed by atoms with van der Waals surface area (Å²) in [7, 11) is 0. The van der Waals surface area contributed by atoms with E-state index in [1.54, 1.807) is 38.1 Å². The summed E-state index contributed by atoms with van der Waals surface area (Å²) < 4.78 is 0. The highest BCUT2D eigenvalue weighted by Crippen LogP contribution is 2.23. The Balaban J connectivity index is 2.33. The van der Waals surface area contributed by atoms with Gasteiger partial charge in [-0.15, -0.1) is 0 Å². The Morgan fingerprint density at radius 2 is 1.95 bits per heavy atom. The molecule has 108 valence electrons. The van der Waals surface area contributed by atoms with E-state index in [1.165, 1.54) is 12.1 Å². The molecule has 0 aromatic heterocycles. The van der Waals surface area contributed by atoms with Crippen LogP contribution >= 0.6 is 0 Å². The molecule has 0 heterocycles. The number of nitrogen functional groups attached to an aromatic ring is 1. The van der Waals surface area contributed by atoms with Crippen LogP contribution in [0.15, 0.2) is 36.4 Å². The summed E-state index contributed by atoms with van der Waals surface area (Å²) in [4.78, 5) is 22.6. The maximum atomic E-state index is 12.3. The van der Waals surface area contributed by atoms with Crippen LogP contribution in [0.3, 0.4) is 0 Å². The van der Waals surface area contributed by atoms with Gasteiger partial charge in [-0.1, -0.05) is 12.1 Å². The van der Waals surface area contributed by atoms with Gasteiger partial charge >= 0.3 is 0 Å². The first-order chi connectivity index (χ1) is 9.90. The smallest absolute Gasteiger partial charge is 0.271 e.